The van der Waals surface area contributed by atoms with Crippen LogP contribution in [0, 0.1) is 0 Å². The highest BCUT2D eigenvalue weighted by molar-refractivity contribution is 7.89. The number of rotatable bonds is 10. The number of nitrogens with two attached hydrogens (primary N) is 1. The molecule has 0 bridgehead atoms. The minimum absolute atomic E-state index is 0.0469. The lowest BCUT2D eigenvalue weighted by molar-refractivity contribution is 0.0693. The van der Waals surface area contributed by atoms with E-state index in [2.05, 4.69) is 5.32 Å². The second kappa shape index (κ2) is 9.11. The fourth-order valence-electron chi connectivity index (χ4n) is 1.82. The van der Waals surface area contributed by atoms with Gasteiger partial charge in [0.05, 0.1) is 18.1 Å². The molecule has 1 atom stereocenters. The average Bonchev–Trinajstić information content (AvgIpc) is 2.45. The van der Waals surface area contributed by atoms with Crippen molar-refractivity contribution in [3.8, 4) is 0 Å². The standard InChI is InChI=1S/C14H24N2O4S/c1-12(16-7-4-8-20-10-9-19-2)13-5-3-6-14(11-13)21(15,17)18/h3,5-6,11-12,16H,4,7-10H2,1-2H3,(H2,15,17,18). The summed E-state index contributed by atoms with van der Waals surface area (Å²) >= 11 is 0. The molecule has 1 rings (SSSR count). The summed E-state index contributed by atoms with van der Waals surface area (Å²) in [4.78, 5) is 0.136. The van der Waals surface area contributed by atoms with E-state index in [9.17, 15) is 8.42 Å². The Balaban J connectivity index is 2.37. The minimum Gasteiger partial charge on any atom is -0.382 e. The van der Waals surface area contributed by atoms with Crippen molar-refractivity contribution in [3.63, 3.8) is 0 Å². The average molecular weight is 316 g/mol. The van der Waals surface area contributed by atoms with Crippen LogP contribution in [0.15, 0.2) is 29.2 Å². The molecule has 0 saturated heterocycles. The summed E-state index contributed by atoms with van der Waals surface area (Å²) in [6.07, 6.45) is 0.878. The Labute approximate surface area is 126 Å². The van der Waals surface area contributed by atoms with E-state index in [1.807, 2.05) is 13.0 Å². The lowest BCUT2D eigenvalue weighted by atomic mass is 10.1. The van der Waals surface area contributed by atoms with Crippen LogP contribution in [0.5, 0.6) is 0 Å². The summed E-state index contributed by atoms with van der Waals surface area (Å²) in [5.74, 6) is 0. The van der Waals surface area contributed by atoms with Gasteiger partial charge in [-0.1, -0.05) is 12.1 Å². The van der Waals surface area contributed by atoms with Crippen molar-refractivity contribution in [3.05, 3.63) is 29.8 Å². The Hall–Kier alpha value is -0.990. The largest absolute Gasteiger partial charge is 0.382 e. The van der Waals surface area contributed by atoms with Gasteiger partial charge in [-0.2, -0.15) is 0 Å². The Kier molecular flexibility index (Phi) is 7.84. The van der Waals surface area contributed by atoms with E-state index < -0.39 is 10.0 Å². The molecular formula is C14H24N2O4S. The van der Waals surface area contributed by atoms with Crippen LogP contribution >= 0.6 is 0 Å². The molecule has 7 heteroatoms. The first-order valence-electron chi connectivity index (χ1n) is 6.88. The summed E-state index contributed by atoms with van der Waals surface area (Å²) in [6, 6.07) is 6.71. The van der Waals surface area contributed by atoms with Gasteiger partial charge in [-0.3, -0.25) is 0 Å². The Morgan fingerprint density at radius 2 is 2.05 bits per heavy atom. The molecule has 1 unspecified atom stereocenters. The highest BCUT2D eigenvalue weighted by Crippen LogP contribution is 2.16. The Morgan fingerprint density at radius 3 is 2.71 bits per heavy atom. The molecule has 0 aliphatic rings. The number of primary sulfonamides is 1. The highest BCUT2D eigenvalue weighted by atomic mass is 32.2. The third-order valence-electron chi connectivity index (χ3n) is 3.03. The number of hydrogen-bond donors (Lipinski definition) is 2. The molecular weight excluding hydrogens is 292 g/mol. The number of sulfonamides is 1. The van der Waals surface area contributed by atoms with Crippen LogP contribution in [0.3, 0.4) is 0 Å². The van der Waals surface area contributed by atoms with Crippen LogP contribution in [0.4, 0.5) is 0 Å². The van der Waals surface area contributed by atoms with Gasteiger partial charge in [0.15, 0.2) is 0 Å². The molecule has 1 aromatic carbocycles. The van der Waals surface area contributed by atoms with E-state index in [4.69, 9.17) is 14.6 Å². The maximum absolute atomic E-state index is 11.3. The zero-order valence-electron chi connectivity index (χ0n) is 12.5. The van der Waals surface area contributed by atoms with E-state index in [0.29, 0.717) is 19.8 Å². The summed E-state index contributed by atoms with van der Waals surface area (Å²) in [7, 11) is -2.02. The summed E-state index contributed by atoms with van der Waals surface area (Å²) in [6.45, 7) is 4.63. The predicted octanol–water partition coefficient (Wildman–Crippen LogP) is 1.04. The molecule has 120 valence electrons. The fraction of sp³-hybridized carbons (Fsp3) is 0.571. The molecule has 6 nitrogen and oxygen atoms in total. The number of methoxy groups -OCH3 is 1. The SMILES string of the molecule is COCCOCCCNC(C)c1cccc(S(N)(=O)=O)c1. The molecule has 0 radical (unpaired) electrons. The number of benzene rings is 1. The van der Waals surface area contributed by atoms with E-state index in [-0.39, 0.29) is 10.9 Å². The maximum Gasteiger partial charge on any atom is 0.238 e. The lowest BCUT2D eigenvalue weighted by Crippen LogP contribution is -2.22. The zero-order valence-corrected chi connectivity index (χ0v) is 13.4. The van der Waals surface area contributed by atoms with Crippen molar-refractivity contribution >= 4 is 10.0 Å². The van der Waals surface area contributed by atoms with Crippen LogP contribution in [0.1, 0.15) is 24.9 Å². The smallest absolute Gasteiger partial charge is 0.238 e. The van der Waals surface area contributed by atoms with Crippen LogP contribution in [0.25, 0.3) is 0 Å². The van der Waals surface area contributed by atoms with Crippen molar-refractivity contribution in [2.45, 2.75) is 24.3 Å². The van der Waals surface area contributed by atoms with Gasteiger partial charge in [-0.05, 0) is 37.6 Å². The van der Waals surface area contributed by atoms with Crippen LogP contribution in [0.2, 0.25) is 0 Å². The maximum atomic E-state index is 11.3. The normalized spacial score (nSPS) is 13.3. The molecule has 0 amide bonds. The third-order valence-corrected chi connectivity index (χ3v) is 3.95. The number of nitrogens with one attached hydrogen (secondary N) is 1. The quantitative estimate of drug-likeness (QED) is 0.629. The Bertz CT molecular complexity index is 519. The van der Waals surface area contributed by atoms with Gasteiger partial charge in [0, 0.05) is 19.8 Å². The number of ether oxygens (including phenoxy) is 2. The zero-order chi connectivity index (χ0) is 15.7. The summed E-state index contributed by atoms with van der Waals surface area (Å²) < 4.78 is 32.9. The fourth-order valence-corrected chi connectivity index (χ4v) is 2.38. The molecule has 0 aliphatic carbocycles. The van der Waals surface area contributed by atoms with Gasteiger partial charge in [0.2, 0.25) is 10.0 Å². The first kappa shape index (κ1) is 18.1. The molecule has 21 heavy (non-hydrogen) atoms. The van der Waals surface area contributed by atoms with Crippen LogP contribution < -0.4 is 10.5 Å². The van der Waals surface area contributed by atoms with Crippen LogP contribution in [-0.4, -0.2) is 41.9 Å². The van der Waals surface area contributed by atoms with Gasteiger partial charge in [-0.25, -0.2) is 13.6 Å². The second-order valence-electron chi connectivity index (χ2n) is 4.75. The molecule has 0 heterocycles. The molecule has 0 fully saturated rings. The minimum atomic E-state index is -3.66. The molecule has 0 spiro atoms. The van der Waals surface area contributed by atoms with Gasteiger partial charge >= 0.3 is 0 Å². The first-order chi connectivity index (χ1) is 9.95. The van der Waals surface area contributed by atoms with Gasteiger partial charge in [-0.15, -0.1) is 0 Å². The van der Waals surface area contributed by atoms with E-state index in [1.54, 1.807) is 19.2 Å². The number of hydrogen-bond acceptors (Lipinski definition) is 5. The molecule has 0 aliphatic heterocycles. The third kappa shape index (κ3) is 7.01. The highest BCUT2D eigenvalue weighted by Gasteiger charge is 2.11. The van der Waals surface area contributed by atoms with Gasteiger partial charge < -0.3 is 14.8 Å². The second-order valence-corrected chi connectivity index (χ2v) is 6.31. The van der Waals surface area contributed by atoms with E-state index >= 15 is 0 Å². The van der Waals surface area contributed by atoms with Crippen molar-refractivity contribution < 1.29 is 17.9 Å². The van der Waals surface area contributed by atoms with Crippen molar-refractivity contribution in [2.75, 3.05) is 33.5 Å². The summed E-state index contributed by atoms with van der Waals surface area (Å²) in [5, 5.41) is 8.45. The molecule has 0 saturated carbocycles. The van der Waals surface area contributed by atoms with Crippen molar-refractivity contribution in [2.24, 2.45) is 5.14 Å². The first-order valence-corrected chi connectivity index (χ1v) is 8.42. The van der Waals surface area contributed by atoms with E-state index in [0.717, 1.165) is 18.5 Å². The predicted molar refractivity (Wildman–Crippen MR) is 81.5 cm³/mol. The van der Waals surface area contributed by atoms with Gasteiger partial charge in [0.1, 0.15) is 0 Å². The molecule has 3 N–H and O–H groups in total. The van der Waals surface area contributed by atoms with Crippen molar-refractivity contribution in [1.29, 1.82) is 0 Å². The van der Waals surface area contributed by atoms with Crippen molar-refractivity contribution in [1.82, 2.24) is 5.32 Å². The molecule has 0 aromatic heterocycles. The topological polar surface area (TPSA) is 90.7 Å². The Morgan fingerprint density at radius 1 is 1.29 bits per heavy atom. The monoisotopic (exact) mass is 316 g/mol. The molecule has 1 aromatic rings. The summed E-state index contributed by atoms with van der Waals surface area (Å²) in [5.41, 5.74) is 0.891. The van der Waals surface area contributed by atoms with Gasteiger partial charge in [0.25, 0.3) is 0 Å². The van der Waals surface area contributed by atoms with E-state index in [1.165, 1.54) is 6.07 Å². The lowest BCUT2D eigenvalue weighted by Gasteiger charge is -2.15. The van der Waals surface area contributed by atoms with Crippen LogP contribution in [-0.2, 0) is 19.5 Å².